The fourth-order valence-corrected chi connectivity index (χ4v) is 1.28. The SMILES string of the molecule is O=Cc1ccc(O)cc1O.O=Cc1cccc(O)c1O. The first-order valence-electron chi connectivity index (χ1n) is 5.43. The first kappa shape index (κ1) is 15.0. The topological polar surface area (TPSA) is 115 Å². The number of phenols is 4. The molecule has 6 heteroatoms. The molecule has 2 aromatic rings. The Labute approximate surface area is 114 Å². The summed E-state index contributed by atoms with van der Waals surface area (Å²) >= 11 is 0. The fourth-order valence-electron chi connectivity index (χ4n) is 1.28. The predicted octanol–water partition coefficient (Wildman–Crippen LogP) is 1.82. The van der Waals surface area contributed by atoms with E-state index in [-0.39, 0.29) is 34.1 Å². The molecule has 0 aliphatic heterocycles. The first-order valence-corrected chi connectivity index (χ1v) is 5.43. The van der Waals surface area contributed by atoms with Crippen LogP contribution < -0.4 is 0 Å². The second-order valence-electron chi connectivity index (χ2n) is 3.69. The molecule has 0 aliphatic carbocycles. The average Bonchev–Trinajstić information content (AvgIpc) is 2.43. The molecule has 0 spiro atoms. The van der Waals surface area contributed by atoms with Crippen LogP contribution in [-0.4, -0.2) is 33.0 Å². The normalized spacial score (nSPS) is 9.20. The van der Waals surface area contributed by atoms with E-state index < -0.39 is 0 Å². The Morgan fingerprint density at radius 3 is 1.90 bits per heavy atom. The van der Waals surface area contributed by atoms with E-state index in [0.717, 1.165) is 6.07 Å². The molecular formula is C14H12O6. The van der Waals surface area contributed by atoms with E-state index in [1.807, 2.05) is 0 Å². The highest BCUT2D eigenvalue weighted by Gasteiger charge is 2.02. The number of benzene rings is 2. The quantitative estimate of drug-likeness (QED) is 0.491. The lowest BCUT2D eigenvalue weighted by Crippen LogP contribution is -1.79. The van der Waals surface area contributed by atoms with Crippen molar-refractivity contribution in [3.63, 3.8) is 0 Å². The summed E-state index contributed by atoms with van der Waals surface area (Å²) in [5.74, 6) is -0.889. The van der Waals surface area contributed by atoms with Crippen molar-refractivity contribution in [2.24, 2.45) is 0 Å². The van der Waals surface area contributed by atoms with Crippen molar-refractivity contribution >= 4 is 12.6 Å². The van der Waals surface area contributed by atoms with Gasteiger partial charge in [0.15, 0.2) is 24.1 Å². The van der Waals surface area contributed by atoms with Crippen LogP contribution in [0.5, 0.6) is 23.0 Å². The zero-order chi connectivity index (χ0) is 15.1. The molecule has 0 unspecified atom stereocenters. The third-order valence-corrected chi connectivity index (χ3v) is 2.31. The van der Waals surface area contributed by atoms with E-state index >= 15 is 0 Å². The lowest BCUT2D eigenvalue weighted by Gasteiger charge is -1.97. The molecule has 0 aliphatic rings. The largest absolute Gasteiger partial charge is 0.508 e. The predicted molar refractivity (Wildman–Crippen MR) is 70.3 cm³/mol. The minimum absolute atomic E-state index is 0.0527. The van der Waals surface area contributed by atoms with Crippen molar-refractivity contribution in [3.05, 3.63) is 47.5 Å². The van der Waals surface area contributed by atoms with Crippen molar-refractivity contribution in [2.75, 3.05) is 0 Å². The summed E-state index contributed by atoms with van der Waals surface area (Å²) in [5, 5.41) is 35.4. The highest BCUT2D eigenvalue weighted by molar-refractivity contribution is 5.80. The van der Waals surface area contributed by atoms with Gasteiger partial charge in [-0.25, -0.2) is 0 Å². The minimum Gasteiger partial charge on any atom is -0.508 e. The van der Waals surface area contributed by atoms with E-state index in [1.54, 1.807) is 0 Å². The van der Waals surface area contributed by atoms with Crippen molar-refractivity contribution in [2.45, 2.75) is 0 Å². The maximum Gasteiger partial charge on any atom is 0.168 e. The van der Waals surface area contributed by atoms with Crippen molar-refractivity contribution < 1.29 is 30.0 Å². The highest BCUT2D eigenvalue weighted by Crippen LogP contribution is 2.26. The van der Waals surface area contributed by atoms with Gasteiger partial charge in [0.1, 0.15) is 11.5 Å². The second kappa shape index (κ2) is 6.79. The number of aldehydes is 2. The number of para-hydroxylation sites is 1. The smallest absolute Gasteiger partial charge is 0.168 e. The van der Waals surface area contributed by atoms with Gasteiger partial charge < -0.3 is 20.4 Å². The number of rotatable bonds is 2. The van der Waals surface area contributed by atoms with Crippen LogP contribution in [-0.2, 0) is 0 Å². The third kappa shape index (κ3) is 3.74. The van der Waals surface area contributed by atoms with Gasteiger partial charge in [0, 0.05) is 6.07 Å². The maximum absolute atomic E-state index is 10.1. The third-order valence-electron chi connectivity index (χ3n) is 2.31. The summed E-state index contributed by atoms with van der Waals surface area (Å²) in [5.41, 5.74) is 0.276. The molecule has 0 bridgehead atoms. The molecule has 0 aromatic heterocycles. The second-order valence-corrected chi connectivity index (χ2v) is 3.69. The number of aromatic hydroxyl groups is 4. The Kier molecular flexibility index (Phi) is 5.11. The van der Waals surface area contributed by atoms with E-state index in [0.29, 0.717) is 12.6 Å². The monoisotopic (exact) mass is 276 g/mol. The number of hydrogen-bond acceptors (Lipinski definition) is 6. The van der Waals surface area contributed by atoms with Crippen molar-refractivity contribution in [3.8, 4) is 23.0 Å². The number of carbonyl (C=O) groups is 2. The van der Waals surface area contributed by atoms with Gasteiger partial charge in [-0.1, -0.05) is 6.07 Å². The number of carbonyl (C=O) groups excluding carboxylic acids is 2. The van der Waals surface area contributed by atoms with Gasteiger partial charge in [-0.15, -0.1) is 0 Å². The van der Waals surface area contributed by atoms with Crippen LogP contribution in [0.2, 0.25) is 0 Å². The standard InChI is InChI=1S/2C7H6O3/c8-4-5-1-2-6(9)3-7(5)10;8-4-5-2-1-3-6(9)7(5)10/h2*1-4,9-10H. The summed E-state index contributed by atoms with van der Waals surface area (Å²) in [6.07, 6.45) is 1.00. The van der Waals surface area contributed by atoms with Gasteiger partial charge in [-0.05, 0) is 24.3 Å². The van der Waals surface area contributed by atoms with E-state index in [2.05, 4.69) is 0 Å². The fraction of sp³-hybridized carbons (Fsp3) is 0. The number of hydrogen-bond donors (Lipinski definition) is 4. The van der Waals surface area contributed by atoms with Gasteiger partial charge >= 0.3 is 0 Å². The molecule has 0 saturated carbocycles. The summed E-state index contributed by atoms with van der Waals surface area (Å²) < 4.78 is 0. The minimum atomic E-state index is -0.363. The molecule has 0 fully saturated rings. The van der Waals surface area contributed by atoms with Crippen LogP contribution in [0.1, 0.15) is 20.7 Å². The van der Waals surface area contributed by atoms with Crippen molar-refractivity contribution in [1.82, 2.24) is 0 Å². The van der Waals surface area contributed by atoms with Gasteiger partial charge in [0.25, 0.3) is 0 Å². The van der Waals surface area contributed by atoms with Crippen LogP contribution in [0.3, 0.4) is 0 Å². The first-order chi connectivity index (χ1) is 9.49. The molecule has 0 radical (unpaired) electrons. The van der Waals surface area contributed by atoms with Crippen LogP contribution in [0.15, 0.2) is 36.4 Å². The van der Waals surface area contributed by atoms with Crippen LogP contribution in [0, 0.1) is 0 Å². The zero-order valence-electron chi connectivity index (χ0n) is 10.2. The molecular weight excluding hydrogens is 264 g/mol. The molecule has 2 rings (SSSR count). The summed E-state index contributed by atoms with van der Waals surface area (Å²) in [6, 6.07) is 8.01. The molecule has 0 saturated heterocycles. The summed E-state index contributed by atoms with van der Waals surface area (Å²) in [6.45, 7) is 0. The Morgan fingerprint density at radius 2 is 1.40 bits per heavy atom. The van der Waals surface area contributed by atoms with Crippen LogP contribution >= 0.6 is 0 Å². The molecule has 2 aromatic carbocycles. The highest BCUT2D eigenvalue weighted by atomic mass is 16.3. The molecule has 0 amide bonds. The van der Waals surface area contributed by atoms with Gasteiger partial charge in [0.05, 0.1) is 11.1 Å². The lowest BCUT2D eigenvalue weighted by molar-refractivity contribution is 0.111. The summed E-state index contributed by atoms with van der Waals surface area (Å²) in [7, 11) is 0. The zero-order valence-corrected chi connectivity index (χ0v) is 10.2. The average molecular weight is 276 g/mol. The Bertz CT molecular complexity index is 621. The Balaban J connectivity index is 0.000000200. The van der Waals surface area contributed by atoms with Gasteiger partial charge in [-0.2, -0.15) is 0 Å². The van der Waals surface area contributed by atoms with E-state index in [1.165, 1.54) is 30.3 Å². The molecule has 20 heavy (non-hydrogen) atoms. The molecule has 104 valence electrons. The Morgan fingerprint density at radius 1 is 0.750 bits per heavy atom. The maximum atomic E-state index is 10.1. The summed E-state index contributed by atoms with van der Waals surface area (Å²) in [4.78, 5) is 20.2. The number of phenolic OH excluding ortho intramolecular Hbond substituents is 4. The van der Waals surface area contributed by atoms with Gasteiger partial charge in [0.2, 0.25) is 0 Å². The molecule has 6 nitrogen and oxygen atoms in total. The van der Waals surface area contributed by atoms with E-state index in [9.17, 15) is 9.59 Å². The van der Waals surface area contributed by atoms with Crippen LogP contribution in [0.4, 0.5) is 0 Å². The van der Waals surface area contributed by atoms with Gasteiger partial charge in [-0.3, -0.25) is 9.59 Å². The lowest BCUT2D eigenvalue weighted by atomic mass is 10.2. The van der Waals surface area contributed by atoms with E-state index in [4.69, 9.17) is 20.4 Å². The molecule has 0 atom stereocenters. The Hall–Kier alpha value is -3.02. The van der Waals surface area contributed by atoms with Crippen molar-refractivity contribution in [1.29, 1.82) is 0 Å². The van der Waals surface area contributed by atoms with Crippen LogP contribution in [0.25, 0.3) is 0 Å². The molecule has 4 N–H and O–H groups in total. The molecule has 0 heterocycles.